The monoisotopic (exact) mass is 204 g/mol. The number of nitrogens with one attached hydrogen (secondary N) is 1. The average Bonchev–Trinajstić information content (AvgIpc) is 2.53. The first kappa shape index (κ1) is 10.2. The van der Waals surface area contributed by atoms with Gasteiger partial charge in [-0.15, -0.1) is 0 Å². The van der Waals surface area contributed by atoms with Crippen LogP contribution in [-0.4, -0.2) is 16.3 Å². The van der Waals surface area contributed by atoms with Crippen LogP contribution in [0.2, 0.25) is 0 Å². The van der Waals surface area contributed by atoms with Gasteiger partial charge in [-0.25, -0.2) is 0 Å². The summed E-state index contributed by atoms with van der Waals surface area (Å²) in [5.74, 6) is 0.520. The third-order valence-electron chi connectivity index (χ3n) is 2.62. The number of hydrogen-bond acceptors (Lipinski definition) is 3. The van der Waals surface area contributed by atoms with Gasteiger partial charge >= 0.3 is 0 Å². The molecule has 1 aliphatic heterocycles. The molecule has 0 bridgehead atoms. The van der Waals surface area contributed by atoms with Gasteiger partial charge in [-0.2, -0.15) is 10.4 Å². The molecule has 0 amide bonds. The van der Waals surface area contributed by atoms with E-state index in [4.69, 9.17) is 5.26 Å². The zero-order chi connectivity index (χ0) is 10.8. The molecule has 1 aromatic rings. The normalized spacial score (nSPS) is 15.1. The number of hydrogen-bond donors (Lipinski definition) is 1. The zero-order valence-electron chi connectivity index (χ0n) is 9.25. The van der Waals surface area contributed by atoms with Crippen molar-refractivity contribution >= 4 is 0 Å². The van der Waals surface area contributed by atoms with Crippen LogP contribution in [0.25, 0.3) is 0 Å². The van der Waals surface area contributed by atoms with Crippen molar-refractivity contribution in [1.29, 1.82) is 5.26 Å². The molecule has 0 fully saturated rings. The first-order valence-electron chi connectivity index (χ1n) is 5.41. The van der Waals surface area contributed by atoms with Gasteiger partial charge in [0.1, 0.15) is 11.8 Å². The summed E-state index contributed by atoms with van der Waals surface area (Å²) in [6.45, 7) is 6.86. The fourth-order valence-electron chi connectivity index (χ4n) is 1.96. The van der Waals surface area contributed by atoms with Crippen LogP contribution in [0.5, 0.6) is 0 Å². The molecular formula is C11H16N4. The van der Waals surface area contributed by atoms with Crippen molar-refractivity contribution in [2.24, 2.45) is 5.92 Å². The van der Waals surface area contributed by atoms with Crippen molar-refractivity contribution < 1.29 is 0 Å². The second-order valence-electron chi connectivity index (χ2n) is 4.39. The fraction of sp³-hybridized carbons (Fsp3) is 0.636. The molecule has 1 aliphatic rings. The van der Waals surface area contributed by atoms with E-state index in [-0.39, 0.29) is 0 Å². The van der Waals surface area contributed by atoms with Crippen molar-refractivity contribution in [2.45, 2.75) is 33.4 Å². The summed E-state index contributed by atoms with van der Waals surface area (Å²) in [7, 11) is 0. The first-order chi connectivity index (χ1) is 7.22. The van der Waals surface area contributed by atoms with E-state index in [1.165, 1.54) is 0 Å². The second kappa shape index (κ2) is 4.03. The number of fused-ring (bicyclic) bond motifs is 1. The van der Waals surface area contributed by atoms with Crippen LogP contribution in [0, 0.1) is 17.2 Å². The SMILES string of the molecule is CC(C)Cn1nc2c(c1C#N)CNCC2. The van der Waals surface area contributed by atoms with Gasteiger partial charge in [0.25, 0.3) is 0 Å². The van der Waals surface area contributed by atoms with Gasteiger partial charge in [-0.05, 0) is 5.92 Å². The Balaban J connectivity index is 2.38. The molecule has 0 saturated heterocycles. The smallest absolute Gasteiger partial charge is 0.143 e. The van der Waals surface area contributed by atoms with E-state index in [0.717, 1.165) is 43.0 Å². The Hall–Kier alpha value is -1.34. The maximum atomic E-state index is 9.14. The van der Waals surface area contributed by atoms with Crippen LogP contribution in [0.3, 0.4) is 0 Å². The van der Waals surface area contributed by atoms with Crippen LogP contribution in [0.1, 0.15) is 30.8 Å². The Bertz CT molecular complexity index is 397. The molecule has 0 unspecified atom stereocenters. The molecule has 0 radical (unpaired) electrons. The summed E-state index contributed by atoms with van der Waals surface area (Å²) >= 11 is 0. The highest BCUT2D eigenvalue weighted by molar-refractivity contribution is 5.36. The van der Waals surface area contributed by atoms with Crippen molar-refractivity contribution in [3.8, 4) is 6.07 Å². The van der Waals surface area contributed by atoms with Gasteiger partial charge in [0.05, 0.1) is 5.69 Å². The first-order valence-corrected chi connectivity index (χ1v) is 5.41. The molecule has 2 heterocycles. The predicted molar refractivity (Wildman–Crippen MR) is 57.2 cm³/mol. The molecule has 80 valence electrons. The number of rotatable bonds is 2. The Labute approximate surface area is 89.9 Å². The molecule has 0 aromatic carbocycles. The van der Waals surface area contributed by atoms with Crippen LogP contribution in [-0.2, 0) is 19.5 Å². The lowest BCUT2D eigenvalue weighted by molar-refractivity contribution is 0.476. The third kappa shape index (κ3) is 1.88. The van der Waals surface area contributed by atoms with Gasteiger partial charge in [-0.3, -0.25) is 4.68 Å². The molecule has 0 spiro atoms. The van der Waals surface area contributed by atoms with E-state index in [1.807, 2.05) is 4.68 Å². The Morgan fingerprint density at radius 2 is 2.40 bits per heavy atom. The molecule has 0 atom stereocenters. The van der Waals surface area contributed by atoms with E-state index in [1.54, 1.807) is 0 Å². The summed E-state index contributed by atoms with van der Waals surface area (Å²) in [5, 5.41) is 16.9. The molecule has 1 N–H and O–H groups in total. The van der Waals surface area contributed by atoms with E-state index >= 15 is 0 Å². The maximum Gasteiger partial charge on any atom is 0.143 e. The highest BCUT2D eigenvalue weighted by Crippen LogP contribution is 2.18. The molecule has 4 heteroatoms. The highest BCUT2D eigenvalue weighted by atomic mass is 15.3. The Morgan fingerprint density at radius 1 is 1.60 bits per heavy atom. The minimum atomic E-state index is 0.520. The maximum absolute atomic E-state index is 9.14. The van der Waals surface area contributed by atoms with Crippen LogP contribution in [0.4, 0.5) is 0 Å². The second-order valence-corrected chi connectivity index (χ2v) is 4.39. The molecule has 2 rings (SSSR count). The van der Waals surface area contributed by atoms with Crippen molar-refractivity contribution in [1.82, 2.24) is 15.1 Å². The van der Waals surface area contributed by atoms with Gasteiger partial charge in [0.15, 0.2) is 0 Å². The molecule has 15 heavy (non-hydrogen) atoms. The predicted octanol–water partition coefficient (Wildman–Crippen LogP) is 1.06. The zero-order valence-corrected chi connectivity index (χ0v) is 9.25. The number of nitriles is 1. The lowest BCUT2D eigenvalue weighted by atomic mass is 10.1. The van der Waals surface area contributed by atoms with Gasteiger partial charge in [0.2, 0.25) is 0 Å². The van der Waals surface area contributed by atoms with E-state index in [0.29, 0.717) is 5.92 Å². The van der Waals surface area contributed by atoms with Gasteiger partial charge in [-0.1, -0.05) is 13.8 Å². The largest absolute Gasteiger partial charge is 0.312 e. The fourth-order valence-corrected chi connectivity index (χ4v) is 1.96. The summed E-state index contributed by atoms with van der Waals surface area (Å²) in [6.07, 6.45) is 0.940. The lowest BCUT2D eigenvalue weighted by Crippen LogP contribution is -2.23. The highest BCUT2D eigenvalue weighted by Gasteiger charge is 2.20. The van der Waals surface area contributed by atoms with E-state index in [2.05, 4.69) is 30.3 Å². The summed E-state index contributed by atoms with van der Waals surface area (Å²) in [5.41, 5.74) is 2.95. The molecule has 0 aliphatic carbocycles. The van der Waals surface area contributed by atoms with Crippen molar-refractivity contribution in [3.05, 3.63) is 17.0 Å². The topological polar surface area (TPSA) is 53.6 Å². The summed E-state index contributed by atoms with van der Waals surface area (Å²) in [6, 6.07) is 2.27. The van der Waals surface area contributed by atoms with Crippen LogP contribution < -0.4 is 5.32 Å². The Morgan fingerprint density at radius 3 is 3.07 bits per heavy atom. The summed E-state index contributed by atoms with van der Waals surface area (Å²) < 4.78 is 1.86. The number of nitrogens with zero attached hydrogens (tertiary/aromatic N) is 3. The summed E-state index contributed by atoms with van der Waals surface area (Å²) in [4.78, 5) is 0. The van der Waals surface area contributed by atoms with Gasteiger partial charge < -0.3 is 5.32 Å². The Kier molecular flexibility index (Phi) is 2.74. The number of aromatic nitrogens is 2. The molecule has 1 aromatic heterocycles. The molecule has 0 saturated carbocycles. The minimum Gasteiger partial charge on any atom is -0.312 e. The third-order valence-corrected chi connectivity index (χ3v) is 2.62. The molecule has 4 nitrogen and oxygen atoms in total. The molecular weight excluding hydrogens is 188 g/mol. The van der Waals surface area contributed by atoms with E-state index in [9.17, 15) is 0 Å². The van der Waals surface area contributed by atoms with Crippen LogP contribution >= 0.6 is 0 Å². The lowest BCUT2D eigenvalue weighted by Gasteiger charge is -2.10. The quantitative estimate of drug-likeness (QED) is 0.783. The van der Waals surface area contributed by atoms with Crippen LogP contribution in [0.15, 0.2) is 0 Å². The standard InChI is InChI=1S/C11H16N4/c1-8(2)7-15-11(5-12)9-6-13-4-3-10(9)14-15/h8,13H,3-4,6-7H2,1-2H3. The van der Waals surface area contributed by atoms with Gasteiger partial charge in [0, 0.05) is 31.6 Å². The van der Waals surface area contributed by atoms with E-state index < -0.39 is 0 Å². The van der Waals surface area contributed by atoms with Crippen molar-refractivity contribution in [3.63, 3.8) is 0 Å². The average molecular weight is 204 g/mol. The minimum absolute atomic E-state index is 0.520. The van der Waals surface area contributed by atoms with Crippen molar-refractivity contribution in [2.75, 3.05) is 6.54 Å².